The van der Waals surface area contributed by atoms with Gasteiger partial charge in [0.1, 0.15) is 18.0 Å². The molecule has 0 unspecified atom stereocenters. The summed E-state index contributed by atoms with van der Waals surface area (Å²) in [6.45, 7) is 1.11. The number of alkyl halides is 3. The van der Waals surface area contributed by atoms with Crippen molar-refractivity contribution in [1.29, 1.82) is 5.26 Å². The van der Waals surface area contributed by atoms with E-state index in [0.717, 1.165) is 6.26 Å². The zero-order valence-electron chi connectivity index (χ0n) is 16.9. The minimum atomic E-state index is -4.78. The molecule has 10 heteroatoms. The average Bonchev–Trinajstić information content (AvgIpc) is 3.07. The second-order valence-electron chi connectivity index (χ2n) is 6.87. The van der Waals surface area contributed by atoms with E-state index in [1.807, 2.05) is 0 Å². The van der Waals surface area contributed by atoms with Gasteiger partial charge < -0.3 is 4.74 Å². The van der Waals surface area contributed by atoms with Crippen LogP contribution in [0.4, 0.5) is 13.2 Å². The predicted molar refractivity (Wildman–Crippen MR) is 108 cm³/mol. The Kier molecular flexibility index (Phi) is 5.83. The molecule has 0 aliphatic carbocycles. The quantitative estimate of drug-likeness (QED) is 0.573. The number of benzene rings is 2. The average molecular weight is 449 g/mol. The number of methoxy groups -OCH3 is 1. The highest BCUT2D eigenvalue weighted by molar-refractivity contribution is 7.90. The molecule has 0 saturated heterocycles. The van der Waals surface area contributed by atoms with E-state index in [-0.39, 0.29) is 27.3 Å². The summed E-state index contributed by atoms with van der Waals surface area (Å²) in [6, 6.07) is 11.7. The van der Waals surface area contributed by atoms with Gasteiger partial charge in [-0.3, -0.25) is 0 Å². The van der Waals surface area contributed by atoms with Crippen molar-refractivity contribution in [3.05, 3.63) is 53.7 Å². The summed E-state index contributed by atoms with van der Waals surface area (Å²) in [4.78, 5) is 0.0330. The normalized spacial score (nSPS) is 11.9. The van der Waals surface area contributed by atoms with Gasteiger partial charge in [0.2, 0.25) is 0 Å². The van der Waals surface area contributed by atoms with Gasteiger partial charge in [0, 0.05) is 17.4 Å². The molecule has 1 heterocycles. The Morgan fingerprint density at radius 2 is 1.74 bits per heavy atom. The molecule has 0 aliphatic rings. The summed E-state index contributed by atoms with van der Waals surface area (Å²) in [7, 11) is -2.01. The van der Waals surface area contributed by atoms with Crippen LogP contribution in [0.2, 0.25) is 0 Å². The summed E-state index contributed by atoms with van der Waals surface area (Å²) < 4.78 is 71.4. The molecule has 2 aromatic carbocycles. The van der Waals surface area contributed by atoms with Crippen molar-refractivity contribution in [2.24, 2.45) is 0 Å². The monoisotopic (exact) mass is 449 g/mol. The van der Waals surface area contributed by atoms with Crippen LogP contribution in [0.5, 0.6) is 5.75 Å². The van der Waals surface area contributed by atoms with Crippen LogP contribution in [0, 0.1) is 18.3 Å². The second kappa shape index (κ2) is 8.07. The Morgan fingerprint density at radius 3 is 2.23 bits per heavy atom. The summed E-state index contributed by atoms with van der Waals surface area (Å²) >= 11 is 0. The molecule has 6 nitrogen and oxygen atoms in total. The van der Waals surface area contributed by atoms with E-state index < -0.39 is 28.3 Å². The zero-order chi connectivity index (χ0) is 23.0. The van der Waals surface area contributed by atoms with Crippen molar-refractivity contribution in [3.8, 4) is 34.2 Å². The maximum atomic E-state index is 14.0. The summed E-state index contributed by atoms with van der Waals surface area (Å²) in [5.74, 6) is 0.515. The number of sulfone groups is 1. The van der Waals surface area contributed by atoms with Crippen molar-refractivity contribution >= 4 is 9.84 Å². The topological polar surface area (TPSA) is 85.0 Å². The van der Waals surface area contributed by atoms with Crippen molar-refractivity contribution < 1.29 is 26.3 Å². The Hall–Kier alpha value is -3.32. The predicted octanol–water partition coefficient (Wildman–Crippen LogP) is 4.48. The van der Waals surface area contributed by atoms with Crippen LogP contribution in [0.15, 0.2) is 47.4 Å². The fraction of sp³-hybridized carbons (Fsp3) is 0.238. The van der Waals surface area contributed by atoms with Gasteiger partial charge in [-0.1, -0.05) is 18.2 Å². The molecule has 0 N–H and O–H groups in total. The van der Waals surface area contributed by atoms with Crippen molar-refractivity contribution in [2.75, 3.05) is 13.4 Å². The number of halogens is 3. The third kappa shape index (κ3) is 4.41. The molecule has 0 spiro atoms. The van der Waals surface area contributed by atoms with Crippen LogP contribution < -0.4 is 4.74 Å². The molecule has 3 aromatic rings. The summed E-state index contributed by atoms with van der Waals surface area (Å²) in [6.07, 6.45) is -3.74. The maximum Gasteiger partial charge on any atom is 0.433 e. The Bertz CT molecular complexity index is 1270. The first-order valence-corrected chi connectivity index (χ1v) is 10.9. The van der Waals surface area contributed by atoms with Gasteiger partial charge in [-0.25, -0.2) is 13.1 Å². The number of hydrogen-bond donors (Lipinski definition) is 0. The fourth-order valence-electron chi connectivity index (χ4n) is 3.30. The smallest absolute Gasteiger partial charge is 0.433 e. The maximum absolute atomic E-state index is 14.0. The minimum absolute atomic E-state index is 0.00723. The highest BCUT2D eigenvalue weighted by Gasteiger charge is 2.40. The third-order valence-corrected chi connectivity index (χ3v) is 5.81. The highest BCUT2D eigenvalue weighted by Crippen LogP contribution is 2.43. The van der Waals surface area contributed by atoms with E-state index >= 15 is 0 Å². The van der Waals surface area contributed by atoms with Crippen LogP contribution in [-0.4, -0.2) is 31.6 Å². The molecule has 0 atom stereocenters. The van der Waals surface area contributed by atoms with Crippen molar-refractivity contribution in [2.45, 2.75) is 24.5 Å². The van der Waals surface area contributed by atoms with Gasteiger partial charge in [-0.15, -0.1) is 0 Å². The van der Waals surface area contributed by atoms with Gasteiger partial charge in [0.15, 0.2) is 15.5 Å². The molecule has 0 bridgehead atoms. The van der Waals surface area contributed by atoms with Crippen LogP contribution in [0.3, 0.4) is 0 Å². The van der Waals surface area contributed by atoms with Crippen LogP contribution in [0.25, 0.3) is 22.4 Å². The number of hydrogen-bond acceptors (Lipinski definition) is 5. The Balaban J connectivity index is 2.33. The van der Waals surface area contributed by atoms with E-state index in [2.05, 4.69) is 5.10 Å². The number of aryl methyl sites for hydroxylation is 1. The third-order valence-electron chi connectivity index (χ3n) is 4.68. The van der Waals surface area contributed by atoms with E-state index in [1.54, 1.807) is 25.1 Å². The lowest BCUT2D eigenvalue weighted by Gasteiger charge is -2.13. The first kappa shape index (κ1) is 22.4. The van der Waals surface area contributed by atoms with Gasteiger partial charge in [-0.05, 0) is 42.3 Å². The van der Waals surface area contributed by atoms with Crippen LogP contribution >= 0.6 is 0 Å². The van der Waals surface area contributed by atoms with Crippen LogP contribution in [-0.2, 0) is 22.6 Å². The van der Waals surface area contributed by atoms with Crippen LogP contribution in [0.1, 0.15) is 11.3 Å². The molecule has 31 heavy (non-hydrogen) atoms. The molecule has 0 fully saturated rings. The van der Waals surface area contributed by atoms with Crippen molar-refractivity contribution in [1.82, 2.24) is 9.78 Å². The molecule has 0 radical (unpaired) electrons. The first-order valence-electron chi connectivity index (χ1n) is 8.98. The van der Waals surface area contributed by atoms with Gasteiger partial charge in [0.05, 0.1) is 18.1 Å². The second-order valence-corrected chi connectivity index (χ2v) is 8.88. The number of rotatable bonds is 5. The number of aromatic nitrogens is 2. The lowest BCUT2D eigenvalue weighted by Crippen LogP contribution is -2.15. The number of ether oxygens (including phenoxy) is 1. The number of nitriles is 1. The lowest BCUT2D eigenvalue weighted by atomic mass is 9.97. The standard InChI is InChI=1S/C21H18F3N3O3S/c1-13-12-15(6-9-17(13)30-2)18-19(14-4-7-16(8-5-14)31(3,28)29)26-27(11-10-25)20(18)21(22,23)24/h4-9,12H,11H2,1-3H3. The highest BCUT2D eigenvalue weighted by atomic mass is 32.2. The largest absolute Gasteiger partial charge is 0.496 e. The summed E-state index contributed by atoms with van der Waals surface area (Å²) in [5.41, 5.74) is -0.0943. The molecule has 162 valence electrons. The minimum Gasteiger partial charge on any atom is -0.496 e. The summed E-state index contributed by atoms with van der Waals surface area (Å²) in [5, 5.41) is 13.1. The SMILES string of the molecule is COc1ccc(-c2c(-c3ccc(S(C)(=O)=O)cc3)nn(CC#N)c2C(F)(F)F)cc1C. The lowest BCUT2D eigenvalue weighted by molar-refractivity contribution is -0.143. The van der Waals surface area contributed by atoms with Gasteiger partial charge in [0.25, 0.3) is 0 Å². The molecule has 1 aromatic heterocycles. The molecule has 0 saturated carbocycles. The first-order chi connectivity index (χ1) is 14.5. The van der Waals surface area contributed by atoms with E-state index in [1.165, 1.54) is 37.4 Å². The van der Waals surface area contributed by atoms with Gasteiger partial charge >= 0.3 is 6.18 Å². The Labute approximate surface area is 177 Å². The van der Waals surface area contributed by atoms with E-state index in [0.29, 0.717) is 16.0 Å². The molecular weight excluding hydrogens is 431 g/mol. The molecular formula is C21H18F3N3O3S. The zero-order valence-corrected chi connectivity index (χ0v) is 17.7. The van der Waals surface area contributed by atoms with E-state index in [9.17, 15) is 21.6 Å². The molecule has 0 aliphatic heterocycles. The molecule has 3 rings (SSSR count). The van der Waals surface area contributed by atoms with E-state index in [4.69, 9.17) is 10.00 Å². The van der Waals surface area contributed by atoms with Gasteiger partial charge in [-0.2, -0.15) is 23.5 Å². The Morgan fingerprint density at radius 1 is 1.13 bits per heavy atom. The van der Waals surface area contributed by atoms with Crippen molar-refractivity contribution in [3.63, 3.8) is 0 Å². The fourth-order valence-corrected chi connectivity index (χ4v) is 3.93. The number of nitrogens with zero attached hydrogens (tertiary/aromatic N) is 3. The molecule has 0 amide bonds.